The number of nitrogens with zero attached hydrogens (tertiary/aromatic N) is 3. The smallest absolute Gasteiger partial charge is 0.205 e. The van der Waals surface area contributed by atoms with Crippen molar-refractivity contribution in [2.75, 3.05) is 5.73 Å². The van der Waals surface area contributed by atoms with Crippen LogP contribution >= 0.6 is 0 Å². The van der Waals surface area contributed by atoms with Crippen molar-refractivity contribution in [1.29, 1.82) is 0 Å². The van der Waals surface area contributed by atoms with E-state index in [9.17, 15) is 0 Å². The Morgan fingerprint density at radius 3 is 2.53 bits per heavy atom. The minimum Gasteiger partial charge on any atom is -0.369 e. The molecule has 2 N–H and O–H groups in total. The zero-order valence-electron chi connectivity index (χ0n) is 11.0. The van der Waals surface area contributed by atoms with Gasteiger partial charge in [-0.3, -0.25) is 9.55 Å². The number of hydrogen-bond acceptors (Lipinski definition) is 3. The summed E-state index contributed by atoms with van der Waals surface area (Å²) in [5.41, 5.74) is 10.1. The number of fused-ring (bicyclic) bond motifs is 1. The van der Waals surface area contributed by atoms with E-state index >= 15 is 0 Å². The number of rotatable bonds is 2. The summed E-state index contributed by atoms with van der Waals surface area (Å²) in [6.07, 6.45) is 3.48. The molecule has 1 aromatic carbocycles. The average molecular weight is 252 g/mol. The zero-order chi connectivity index (χ0) is 13.4. The summed E-state index contributed by atoms with van der Waals surface area (Å²) in [4.78, 5) is 8.39. The lowest BCUT2D eigenvalue weighted by Crippen LogP contribution is -2.00. The van der Waals surface area contributed by atoms with Crippen LogP contribution in [0.15, 0.2) is 42.7 Å². The summed E-state index contributed by atoms with van der Waals surface area (Å²) in [7, 11) is 0. The highest BCUT2D eigenvalue weighted by molar-refractivity contribution is 5.79. The molecule has 0 saturated carbocycles. The van der Waals surface area contributed by atoms with E-state index in [0.29, 0.717) is 11.9 Å². The van der Waals surface area contributed by atoms with Crippen LogP contribution in [-0.4, -0.2) is 14.5 Å². The summed E-state index contributed by atoms with van der Waals surface area (Å²) in [5.74, 6) is 1.01. The van der Waals surface area contributed by atoms with Gasteiger partial charge in [0.15, 0.2) is 0 Å². The predicted octanol–water partition coefficient (Wildman–Crippen LogP) is 3.13. The molecule has 96 valence electrons. The zero-order valence-corrected chi connectivity index (χ0v) is 11.0. The highest BCUT2D eigenvalue weighted by Crippen LogP contribution is 2.23. The Morgan fingerprint density at radius 1 is 1.11 bits per heavy atom. The van der Waals surface area contributed by atoms with Crippen molar-refractivity contribution in [3.8, 4) is 5.69 Å². The van der Waals surface area contributed by atoms with Gasteiger partial charge in [-0.1, -0.05) is 26.0 Å². The predicted molar refractivity (Wildman–Crippen MR) is 77.4 cm³/mol. The normalized spacial score (nSPS) is 11.3. The molecule has 19 heavy (non-hydrogen) atoms. The molecule has 4 nitrogen and oxygen atoms in total. The summed E-state index contributed by atoms with van der Waals surface area (Å²) in [5, 5.41) is 0. The number of hydrogen-bond donors (Lipinski definition) is 1. The van der Waals surface area contributed by atoms with Crippen molar-refractivity contribution in [1.82, 2.24) is 14.5 Å². The van der Waals surface area contributed by atoms with Gasteiger partial charge in [-0.2, -0.15) is 0 Å². The van der Waals surface area contributed by atoms with Crippen molar-refractivity contribution in [3.63, 3.8) is 0 Å². The Kier molecular flexibility index (Phi) is 2.71. The van der Waals surface area contributed by atoms with E-state index in [-0.39, 0.29) is 0 Å². The third-order valence-electron chi connectivity index (χ3n) is 3.30. The number of anilines is 1. The quantitative estimate of drug-likeness (QED) is 0.762. The first-order valence-electron chi connectivity index (χ1n) is 6.35. The van der Waals surface area contributed by atoms with Gasteiger partial charge in [0.05, 0.1) is 11.7 Å². The van der Waals surface area contributed by atoms with Gasteiger partial charge in [0.25, 0.3) is 0 Å². The fourth-order valence-electron chi connectivity index (χ4n) is 2.23. The van der Waals surface area contributed by atoms with Crippen LogP contribution in [0, 0.1) is 0 Å². The summed E-state index contributed by atoms with van der Waals surface area (Å²) in [6.45, 7) is 4.36. The fraction of sp³-hybridized carbons (Fsp3) is 0.200. The molecular formula is C15H16N4. The van der Waals surface area contributed by atoms with Crippen LogP contribution in [0.3, 0.4) is 0 Å². The SMILES string of the molecule is CC(C)c1ccc(-n2c(N)nc3cnccc32)cc1. The molecular weight excluding hydrogens is 236 g/mol. The number of benzene rings is 1. The maximum absolute atomic E-state index is 6.01. The van der Waals surface area contributed by atoms with Crippen molar-refractivity contribution in [3.05, 3.63) is 48.3 Å². The maximum atomic E-state index is 6.01. The van der Waals surface area contributed by atoms with Crippen molar-refractivity contribution in [2.45, 2.75) is 19.8 Å². The number of nitrogens with two attached hydrogens (primary N) is 1. The van der Waals surface area contributed by atoms with E-state index in [0.717, 1.165) is 16.7 Å². The van der Waals surface area contributed by atoms with Crippen molar-refractivity contribution in [2.24, 2.45) is 0 Å². The Labute approximate surface area is 111 Å². The second kappa shape index (κ2) is 4.39. The molecule has 0 fully saturated rings. The molecule has 0 saturated heterocycles. The van der Waals surface area contributed by atoms with Crippen LogP contribution in [0.25, 0.3) is 16.7 Å². The van der Waals surface area contributed by atoms with Crippen LogP contribution in [0.4, 0.5) is 5.95 Å². The first-order valence-corrected chi connectivity index (χ1v) is 6.35. The van der Waals surface area contributed by atoms with E-state index in [1.807, 2.05) is 10.6 Å². The Balaban J connectivity index is 2.16. The van der Waals surface area contributed by atoms with E-state index in [1.165, 1.54) is 5.56 Å². The number of pyridine rings is 1. The van der Waals surface area contributed by atoms with Gasteiger partial charge in [0.2, 0.25) is 5.95 Å². The lowest BCUT2D eigenvalue weighted by molar-refractivity contribution is 0.865. The monoisotopic (exact) mass is 252 g/mol. The van der Waals surface area contributed by atoms with E-state index in [4.69, 9.17) is 5.73 Å². The Morgan fingerprint density at radius 2 is 1.84 bits per heavy atom. The fourth-order valence-corrected chi connectivity index (χ4v) is 2.23. The van der Waals surface area contributed by atoms with Crippen LogP contribution in [0.1, 0.15) is 25.3 Å². The Hall–Kier alpha value is -2.36. The molecule has 0 spiro atoms. The first kappa shape index (κ1) is 11.7. The van der Waals surface area contributed by atoms with E-state index in [2.05, 4.69) is 48.1 Å². The van der Waals surface area contributed by atoms with Gasteiger partial charge in [0.1, 0.15) is 5.52 Å². The van der Waals surface area contributed by atoms with E-state index in [1.54, 1.807) is 12.4 Å². The summed E-state index contributed by atoms with van der Waals surface area (Å²) in [6, 6.07) is 10.3. The molecule has 0 bridgehead atoms. The average Bonchev–Trinajstić information content (AvgIpc) is 2.74. The second-order valence-corrected chi connectivity index (χ2v) is 4.92. The third kappa shape index (κ3) is 1.95. The van der Waals surface area contributed by atoms with Gasteiger partial charge in [-0.05, 0) is 29.7 Å². The van der Waals surface area contributed by atoms with Crippen LogP contribution < -0.4 is 5.73 Å². The molecule has 0 aliphatic rings. The molecule has 0 unspecified atom stereocenters. The van der Waals surface area contributed by atoms with Gasteiger partial charge in [-0.25, -0.2) is 4.98 Å². The third-order valence-corrected chi connectivity index (χ3v) is 3.30. The van der Waals surface area contributed by atoms with Gasteiger partial charge in [-0.15, -0.1) is 0 Å². The highest BCUT2D eigenvalue weighted by Gasteiger charge is 2.09. The van der Waals surface area contributed by atoms with Crippen molar-refractivity contribution >= 4 is 17.0 Å². The minimum atomic E-state index is 0.486. The number of aromatic nitrogens is 3. The molecule has 0 radical (unpaired) electrons. The molecule has 4 heteroatoms. The molecule has 2 heterocycles. The van der Waals surface area contributed by atoms with Gasteiger partial charge >= 0.3 is 0 Å². The lowest BCUT2D eigenvalue weighted by atomic mass is 10.0. The van der Waals surface area contributed by atoms with Crippen LogP contribution in [-0.2, 0) is 0 Å². The molecule has 0 amide bonds. The molecule has 0 aliphatic carbocycles. The van der Waals surface area contributed by atoms with Crippen LogP contribution in [0.5, 0.6) is 0 Å². The minimum absolute atomic E-state index is 0.486. The number of imidazole rings is 1. The number of nitrogen functional groups attached to an aromatic ring is 1. The molecule has 0 aliphatic heterocycles. The van der Waals surface area contributed by atoms with Crippen LogP contribution in [0.2, 0.25) is 0 Å². The largest absolute Gasteiger partial charge is 0.369 e. The molecule has 3 rings (SSSR count). The molecule has 0 atom stereocenters. The topological polar surface area (TPSA) is 56.7 Å². The standard InChI is InChI=1S/C15H16N4/c1-10(2)11-3-5-12(6-4-11)19-14-7-8-17-9-13(14)18-15(19)16/h3-10H,1-2H3,(H2,16,18). The Bertz CT molecular complexity index is 711. The summed E-state index contributed by atoms with van der Waals surface area (Å²) < 4.78 is 1.95. The van der Waals surface area contributed by atoms with Crippen molar-refractivity contribution < 1.29 is 0 Å². The molecule has 3 aromatic rings. The summed E-state index contributed by atoms with van der Waals surface area (Å²) >= 11 is 0. The first-order chi connectivity index (χ1) is 9.16. The second-order valence-electron chi connectivity index (χ2n) is 4.92. The van der Waals surface area contributed by atoms with E-state index < -0.39 is 0 Å². The van der Waals surface area contributed by atoms with Gasteiger partial charge < -0.3 is 5.73 Å². The molecule has 2 aromatic heterocycles. The van der Waals surface area contributed by atoms with Gasteiger partial charge in [0, 0.05) is 11.9 Å². The maximum Gasteiger partial charge on any atom is 0.205 e. The highest BCUT2D eigenvalue weighted by atomic mass is 15.2. The lowest BCUT2D eigenvalue weighted by Gasteiger charge is -2.09.